The molecule has 2 aliphatic heterocycles. The van der Waals surface area contributed by atoms with Crippen LogP contribution in [0.4, 0.5) is 0 Å². The summed E-state index contributed by atoms with van der Waals surface area (Å²) < 4.78 is 49.2. The molecule has 0 N–H and O–H groups in total. The lowest BCUT2D eigenvalue weighted by Gasteiger charge is -2.33. The molecule has 0 spiro atoms. The van der Waals surface area contributed by atoms with Gasteiger partial charge in [0.15, 0.2) is 6.35 Å². The lowest BCUT2D eigenvalue weighted by Crippen LogP contribution is -2.30. The molecule has 0 aromatic heterocycles. The Labute approximate surface area is 106 Å². The number of hydrogen-bond donors (Lipinski definition) is 0. The van der Waals surface area contributed by atoms with Crippen LogP contribution in [0.25, 0.3) is 0 Å². The summed E-state index contributed by atoms with van der Waals surface area (Å²) in [7, 11) is -6.94. The normalized spacial score (nSPS) is 29.9. The third-order valence-corrected chi connectivity index (χ3v) is 5.60. The van der Waals surface area contributed by atoms with Crippen LogP contribution in [0.2, 0.25) is 0 Å². The first-order chi connectivity index (χ1) is 8.33. The highest BCUT2D eigenvalue weighted by Gasteiger charge is 2.41. The number of phosphoric acid groups is 1. The van der Waals surface area contributed by atoms with Gasteiger partial charge in [0.2, 0.25) is 0 Å². The van der Waals surface area contributed by atoms with Crippen molar-refractivity contribution in [2.24, 2.45) is 5.41 Å². The summed E-state index contributed by atoms with van der Waals surface area (Å²) in [4.78, 5) is 0. The minimum Gasteiger partial charge on any atom is -0.307 e. The summed E-state index contributed by atoms with van der Waals surface area (Å²) in [5.41, 5.74) is -0.209. The first-order valence-electron chi connectivity index (χ1n) is 5.74. The molecule has 2 rings (SSSR count). The van der Waals surface area contributed by atoms with Crippen molar-refractivity contribution in [1.29, 1.82) is 0 Å². The third kappa shape index (κ3) is 3.87. The molecule has 9 heteroatoms. The maximum Gasteiger partial charge on any atom is 0.475 e. The molecule has 0 aliphatic carbocycles. The highest BCUT2D eigenvalue weighted by molar-refractivity contribution is 7.55. The van der Waals surface area contributed by atoms with Crippen molar-refractivity contribution < 1.29 is 31.7 Å². The van der Waals surface area contributed by atoms with Crippen LogP contribution in [0.15, 0.2) is 0 Å². The van der Waals surface area contributed by atoms with Crippen molar-refractivity contribution >= 4 is 15.4 Å². The van der Waals surface area contributed by atoms with Gasteiger partial charge in [0.25, 0.3) is 0 Å². The lowest BCUT2D eigenvalue weighted by molar-refractivity contribution is 0.00301. The number of hydrogen-bond acceptors (Lipinski definition) is 7. The van der Waals surface area contributed by atoms with Crippen molar-refractivity contribution in [3.05, 3.63) is 0 Å². The molecule has 2 heterocycles. The second-order valence-electron chi connectivity index (χ2n) is 5.05. The summed E-state index contributed by atoms with van der Waals surface area (Å²) in [5, 5.41) is 0. The Morgan fingerprint density at radius 1 is 1.06 bits per heavy atom. The van der Waals surface area contributed by atoms with Gasteiger partial charge in [-0.15, -0.1) is 0 Å². The molecule has 2 fully saturated rings. The predicted octanol–water partition coefficient (Wildman–Crippen LogP) is 2.77. The van der Waals surface area contributed by atoms with Gasteiger partial charge in [-0.3, -0.25) is 18.1 Å². The average Bonchev–Trinajstić information content (AvgIpc) is 2.33. The van der Waals surface area contributed by atoms with Crippen LogP contribution in [-0.2, 0) is 31.7 Å². The van der Waals surface area contributed by atoms with E-state index in [0.717, 1.165) is 0 Å². The van der Waals surface area contributed by atoms with E-state index in [1.807, 2.05) is 13.8 Å². The summed E-state index contributed by atoms with van der Waals surface area (Å²) in [6.45, 7) is 5.06. The molecule has 7 nitrogen and oxygen atoms in total. The van der Waals surface area contributed by atoms with Crippen molar-refractivity contribution in [3.63, 3.8) is 0 Å². The van der Waals surface area contributed by atoms with E-state index in [0.29, 0.717) is 19.6 Å². The van der Waals surface area contributed by atoms with Crippen molar-refractivity contribution in [3.8, 4) is 0 Å². The zero-order valence-electron chi connectivity index (χ0n) is 10.5. The van der Waals surface area contributed by atoms with Gasteiger partial charge >= 0.3 is 15.4 Å². The van der Waals surface area contributed by atoms with Gasteiger partial charge in [-0.1, -0.05) is 13.8 Å². The van der Waals surface area contributed by atoms with Crippen LogP contribution in [-0.4, -0.2) is 32.8 Å². The topological polar surface area (TPSA) is 80.3 Å². The first kappa shape index (κ1) is 14.7. The van der Waals surface area contributed by atoms with E-state index < -0.39 is 21.8 Å². The van der Waals surface area contributed by atoms with Crippen LogP contribution in [0.1, 0.15) is 20.3 Å². The smallest absolute Gasteiger partial charge is 0.307 e. The van der Waals surface area contributed by atoms with Gasteiger partial charge < -0.3 is 9.05 Å². The molecule has 0 aromatic rings. The molecule has 0 bridgehead atoms. The van der Waals surface area contributed by atoms with Gasteiger partial charge in [0.05, 0.1) is 26.4 Å². The molecule has 0 unspecified atom stereocenters. The largest absolute Gasteiger partial charge is 0.475 e. The van der Waals surface area contributed by atoms with E-state index in [2.05, 4.69) is 0 Å². The van der Waals surface area contributed by atoms with Crippen molar-refractivity contribution in [2.45, 2.75) is 20.3 Å². The van der Waals surface area contributed by atoms with Crippen molar-refractivity contribution in [2.75, 3.05) is 32.8 Å². The highest BCUT2D eigenvalue weighted by atomic mass is 31.2. The van der Waals surface area contributed by atoms with Gasteiger partial charge in [0, 0.05) is 5.41 Å². The Hall–Kier alpha value is 0.260. The van der Waals surface area contributed by atoms with Crippen LogP contribution >= 0.6 is 15.4 Å². The number of phosphoric ester groups is 1. The van der Waals surface area contributed by atoms with Crippen LogP contribution in [0.5, 0.6) is 0 Å². The van der Waals surface area contributed by atoms with Crippen LogP contribution in [0.3, 0.4) is 0 Å². The molecule has 0 atom stereocenters. The Morgan fingerprint density at radius 3 is 2.17 bits per heavy atom. The Balaban J connectivity index is 1.86. The van der Waals surface area contributed by atoms with E-state index in [9.17, 15) is 9.13 Å². The summed E-state index contributed by atoms with van der Waals surface area (Å²) in [6.07, 6.45) is 0.271. The fourth-order valence-electron chi connectivity index (χ4n) is 1.38. The molecule has 2 aliphatic rings. The van der Waals surface area contributed by atoms with E-state index in [1.165, 1.54) is 0 Å². The highest BCUT2D eigenvalue weighted by Crippen LogP contribution is 2.59. The summed E-state index contributed by atoms with van der Waals surface area (Å²) in [5.74, 6) is 0. The third-order valence-electron chi connectivity index (χ3n) is 2.47. The van der Waals surface area contributed by atoms with Crippen LogP contribution in [0, 0.1) is 5.41 Å². The van der Waals surface area contributed by atoms with Gasteiger partial charge in [-0.05, 0) is 6.42 Å². The molecular formula is C9H18O7P2. The molecule has 0 radical (unpaired) electrons. The second kappa shape index (κ2) is 5.33. The Morgan fingerprint density at radius 2 is 1.61 bits per heavy atom. The summed E-state index contributed by atoms with van der Waals surface area (Å²) >= 11 is 0. The average molecular weight is 300 g/mol. The maximum atomic E-state index is 12.0. The molecule has 106 valence electrons. The monoisotopic (exact) mass is 300 g/mol. The molecule has 0 amide bonds. The van der Waals surface area contributed by atoms with E-state index in [-0.39, 0.29) is 18.6 Å². The van der Waals surface area contributed by atoms with Gasteiger partial charge in [-0.2, -0.15) is 0 Å². The van der Waals surface area contributed by atoms with Gasteiger partial charge in [-0.25, -0.2) is 4.57 Å². The molecular weight excluding hydrogens is 282 g/mol. The minimum absolute atomic E-state index is 0.209. The fourth-order valence-corrected chi connectivity index (χ4v) is 4.79. The standard InChI is InChI=1S/C9H18O7P2/c1-9(2)6-14-18(11,15-7-9)16-8-17(10)12-4-3-5-13-17/h3-8H2,1-2H3. The van der Waals surface area contributed by atoms with Gasteiger partial charge in [0.1, 0.15) is 0 Å². The first-order valence-corrected chi connectivity index (χ1v) is 8.93. The van der Waals surface area contributed by atoms with E-state index in [4.69, 9.17) is 22.6 Å². The Kier molecular flexibility index (Phi) is 4.34. The van der Waals surface area contributed by atoms with E-state index in [1.54, 1.807) is 0 Å². The molecule has 2 saturated heterocycles. The SMILES string of the molecule is CC1(C)COP(=O)(OCP2(=O)OCCCO2)OC1. The maximum absolute atomic E-state index is 12.0. The van der Waals surface area contributed by atoms with Crippen molar-refractivity contribution in [1.82, 2.24) is 0 Å². The molecule has 0 saturated carbocycles. The van der Waals surface area contributed by atoms with Crippen LogP contribution < -0.4 is 0 Å². The minimum atomic E-state index is -3.63. The quantitative estimate of drug-likeness (QED) is 0.741. The zero-order valence-corrected chi connectivity index (χ0v) is 12.3. The second-order valence-corrected chi connectivity index (χ2v) is 8.71. The van der Waals surface area contributed by atoms with E-state index >= 15 is 0 Å². The summed E-state index contributed by atoms with van der Waals surface area (Å²) in [6, 6.07) is 0. The number of rotatable bonds is 3. The fraction of sp³-hybridized carbons (Fsp3) is 1.00. The Bertz CT molecular complexity index is 370. The molecule has 18 heavy (non-hydrogen) atoms. The lowest BCUT2D eigenvalue weighted by atomic mass is 9.97. The zero-order chi connectivity index (χ0) is 13.3. The molecule has 0 aromatic carbocycles. The predicted molar refractivity (Wildman–Crippen MR) is 63.4 cm³/mol.